The molecule has 0 amide bonds. The molecule has 4 heteroatoms. The Bertz CT molecular complexity index is 292. The topological polar surface area (TPSA) is 89.3 Å². The van der Waals surface area contributed by atoms with E-state index in [1.165, 1.54) is 70.6 Å². The maximum atomic E-state index is 10.3. The molecule has 150 valence electrons. The van der Waals surface area contributed by atoms with E-state index in [2.05, 4.69) is 19.1 Å². The molecule has 25 heavy (non-hydrogen) atoms. The van der Waals surface area contributed by atoms with Crippen LogP contribution in [0.25, 0.3) is 0 Å². The van der Waals surface area contributed by atoms with Crippen molar-refractivity contribution in [3.63, 3.8) is 0 Å². The lowest BCUT2D eigenvalue weighted by Gasteiger charge is -1.99. The lowest BCUT2D eigenvalue weighted by molar-refractivity contribution is -0.137. The number of unbranched alkanes of at least 4 members (excludes halogenated alkanes) is 11. The average Bonchev–Trinajstić information content (AvgIpc) is 2.58. The van der Waals surface area contributed by atoms with E-state index in [-0.39, 0.29) is 6.04 Å². The predicted octanol–water partition coefficient (Wildman–Crippen LogP) is 5.40. The molecule has 0 saturated carbocycles. The van der Waals surface area contributed by atoms with Crippen molar-refractivity contribution < 1.29 is 9.90 Å². The number of rotatable bonds is 16. The summed E-state index contributed by atoms with van der Waals surface area (Å²) in [6.07, 6.45) is 21.2. The zero-order valence-electron chi connectivity index (χ0n) is 16.8. The Kier molecular flexibility index (Phi) is 24.4. The molecule has 4 nitrogen and oxygen atoms in total. The number of aliphatic carboxylic acids is 1. The maximum Gasteiger partial charge on any atom is 0.303 e. The number of hydrogen-bond donors (Lipinski definition) is 3. The molecule has 0 bridgehead atoms. The van der Waals surface area contributed by atoms with Gasteiger partial charge < -0.3 is 16.6 Å². The minimum absolute atomic E-state index is 0.162. The van der Waals surface area contributed by atoms with Crippen molar-refractivity contribution in [3.8, 4) is 0 Å². The van der Waals surface area contributed by atoms with Gasteiger partial charge in [-0.3, -0.25) is 4.79 Å². The van der Waals surface area contributed by atoms with Gasteiger partial charge in [0.15, 0.2) is 0 Å². The van der Waals surface area contributed by atoms with Gasteiger partial charge in [-0.05, 0) is 39.0 Å². The van der Waals surface area contributed by atoms with Gasteiger partial charge in [-0.1, -0.05) is 70.4 Å². The maximum absolute atomic E-state index is 10.3. The van der Waals surface area contributed by atoms with Crippen molar-refractivity contribution in [1.82, 2.24) is 0 Å². The van der Waals surface area contributed by atoms with Crippen LogP contribution in [0.15, 0.2) is 12.2 Å². The van der Waals surface area contributed by atoms with E-state index in [0.717, 1.165) is 12.8 Å². The quantitative estimate of drug-likeness (QED) is 0.255. The summed E-state index contributed by atoms with van der Waals surface area (Å²) in [5, 5.41) is 8.51. The summed E-state index contributed by atoms with van der Waals surface area (Å²) in [7, 11) is 0. The normalized spacial score (nSPS) is 12.0. The monoisotopic (exact) mass is 356 g/mol. The minimum atomic E-state index is -0.664. The Balaban J connectivity index is 0. The van der Waals surface area contributed by atoms with Crippen LogP contribution in [-0.2, 0) is 4.79 Å². The zero-order valence-corrected chi connectivity index (χ0v) is 16.8. The van der Waals surface area contributed by atoms with E-state index in [1.54, 1.807) is 0 Å². The first-order chi connectivity index (χ1) is 12.0. The van der Waals surface area contributed by atoms with Crippen molar-refractivity contribution in [3.05, 3.63) is 12.2 Å². The molecule has 1 atom stereocenters. The van der Waals surface area contributed by atoms with Crippen LogP contribution in [0.4, 0.5) is 0 Å². The summed E-state index contributed by atoms with van der Waals surface area (Å²) in [6.45, 7) is 4.72. The fourth-order valence-corrected chi connectivity index (χ4v) is 2.35. The van der Waals surface area contributed by atoms with E-state index in [0.29, 0.717) is 13.0 Å². The molecule has 0 fully saturated rings. The number of carbonyl (C=O) groups is 1. The minimum Gasteiger partial charge on any atom is -0.481 e. The molecule has 1 unspecified atom stereocenters. The molecule has 5 N–H and O–H groups in total. The Morgan fingerprint density at radius 1 is 0.880 bits per heavy atom. The van der Waals surface area contributed by atoms with Crippen LogP contribution >= 0.6 is 0 Å². The van der Waals surface area contributed by atoms with Crippen LogP contribution in [0.3, 0.4) is 0 Å². The first kappa shape index (κ1) is 26.4. The molecule has 0 radical (unpaired) electrons. The Labute approximate surface area is 156 Å². The number of carboxylic acid groups (broad SMARTS) is 1. The van der Waals surface area contributed by atoms with E-state index >= 15 is 0 Å². The Morgan fingerprint density at radius 2 is 1.28 bits per heavy atom. The van der Waals surface area contributed by atoms with Gasteiger partial charge in [0, 0.05) is 19.0 Å². The van der Waals surface area contributed by atoms with Gasteiger partial charge in [0.1, 0.15) is 0 Å². The highest BCUT2D eigenvalue weighted by molar-refractivity contribution is 5.66. The molecule has 0 aliphatic carbocycles. The van der Waals surface area contributed by atoms with E-state index in [9.17, 15) is 4.79 Å². The highest BCUT2D eigenvalue weighted by atomic mass is 16.4. The first-order valence-electron chi connectivity index (χ1n) is 10.4. The molecule has 0 aromatic rings. The molecular formula is C21H44N2O2. The van der Waals surface area contributed by atoms with Gasteiger partial charge >= 0.3 is 5.97 Å². The summed E-state index contributed by atoms with van der Waals surface area (Å²) in [6, 6.07) is 0.162. The standard InChI is InChI=1S/C18H34O2.C3H10N2/c1-2-3-4-5-6-7-8-9-10-11-12-13-14-15-16-17-18(19)20;1-3(5)2-4/h9-10H,2-8,11-17H2,1H3,(H,19,20);3H,2,4-5H2,1H3/b10-9-;. The summed E-state index contributed by atoms with van der Waals surface area (Å²) >= 11 is 0. The van der Waals surface area contributed by atoms with Crippen LogP contribution in [-0.4, -0.2) is 23.7 Å². The first-order valence-corrected chi connectivity index (χ1v) is 10.4. The van der Waals surface area contributed by atoms with Crippen LogP contribution in [0.5, 0.6) is 0 Å². The third-order valence-corrected chi connectivity index (χ3v) is 4.02. The molecule has 0 aromatic carbocycles. The summed E-state index contributed by atoms with van der Waals surface area (Å²) < 4.78 is 0. The molecule has 0 spiro atoms. The van der Waals surface area contributed by atoms with Crippen molar-refractivity contribution in [2.75, 3.05) is 6.54 Å². The zero-order chi connectivity index (χ0) is 19.2. The number of carboxylic acids is 1. The lowest BCUT2D eigenvalue weighted by Crippen LogP contribution is -2.25. The summed E-state index contributed by atoms with van der Waals surface area (Å²) in [5.41, 5.74) is 10.2. The summed E-state index contributed by atoms with van der Waals surface area (Å²) in [4.78, 5) is 10.3. The highest BCUT2D eigenvalue weighted by Crippen LogP contribution is 2.09. The van der Waals surface area contributed by atoms with E-state index < -0.39 is 5.97 Å². The lowest BCUT2D eigenvalue weighted by atomic mass is 10.1. The Hall–Kier alpha value is -0.870. The van der Waals surface area contributed by atoms with Gasteiger partial charge in [0.25, 0.3) is 0 Å². The second-order valence-electron chi connectivity index (χ2n) is 6.94. The van der Waals surface area contributed by atoms with Crippen LogP contribution in [0, 0.1) is 0 Å². The number of hydrogen-bond acceptors (Lipinski definition) is 3. The molecule has 0 aliphatic rings. The molecule has 0 rings (SSSR count). The van der Waals surface area contributed by atoms with Gasteiger partial charge in [0.05, 0.1) is 0 Å². The van der Waals surface area contributed by atoms with Gasteiger partial charge in [0.2, 0.25) is 0 Å². The molecule has 0 aliphatic heterocycles. The average molecular weight is 357 g/mol. The predicted molar refractivity (Wildman–Crippen MR) is 110 cm³/mol. The van der Waals surface area contributed by atoms with E-state index in [4.69, 9.17) is 16.6 Å². The molecule has 0 saturated heterocycles. The smallest absolute Gasteiger partial charge is 0.303 e. The fourth-order valence-electron chi connectivity index (χ4n) is 2.35. The highest BCUT2D eigenvalue weighted by Gasteiger charge is 1.95. The van der Waals surface area contributed by atoms with Crippen LogP contribution < -0.4 is 11.5 Å². The van der Waals surface area contributed by atoms with Gasteiger partial charge in [-0.2, -0.15) is 0 Å². The number of allylic oxidation sites excluding steroid dienone is 2. The third-order valence-electron chi connectivity index (χ3n) is 4.02. The van der Waals surface area contributed by atoms with Crippen molar-refractivity contribution >= 4 is 5.97 Å². The van der Waals surface area contributed by atoms with Gasteiger partial charge in [-0.15, -0.1) is 0 Å². The van der Waals surface area contributed by atoms with Gasteiger partial charge in [-0.25, -0.2) is 0 Å². The Morgan fingerprint density at radius 3 is 1.68 bits per heavy atom. The van der Waals surface area contributed by atoms with Crippen LogP contribution in [0.2, 0.25) is 0 Å². The van der Waals surface area contributed by atoms with E-state index in [1.807, 2.05) is 6.92 Å². The second kappa shape index (κ2) is 23.1. The SMILES string of the molecule is CC(N)CN.CCCCCCCC/C=C\CCCCCCCC(=O)O. The van der Waals surface area contributed by atoms with Crippen molar-refractivity contribution in [2.24, 2.45) is 11.5 Å². The number of nitrogens with two attached hydrogens (primary N) is 2. The van der Waals surface area contributed by atoms with Crippen molar-refractivity contribution in [1.29, 1.82) is 0 Å². The third kappa shape index (κ3) is 31.4. The second-order valence-corrected chi connectivity index (χ2v) is 6.94. The summed E-state index contributed by atoms with van der Waals surface area (Å²) in [5.74, 6) is -0.664. The largest absolute Gasteiger partial charge is 0.481 e. The van der Waals surface area contributed by atoms with Crippen molar-refractivity contribution in [2.45, 2.75) is 110 Å². The fraction of sp³-hybridized carbons (Fsp3) is 0.857. The van der Waals surface area contributed by atoms with Crippen LogP contribution in [0.1, 0.15) is 104 Å². The molecule has 0 heterocycles. The molecular weight excluding hydrogens is 312 g/mol. The molecule has 0 aromatic heterocycles.